The first-order valence-electron chi connectivity index (χ1n) is 5.87. The molecule has 0 unspecified atom stereocenters. The summed E-state index contributed by atoms with van der Waals surface area (Å²) in [4.78, 5) is 13.9. The zero-order valence-electron chi connectivity index (χ0n) is 11.1. The van der Waals surface area contributed by atoms with E-state index in [4.69, 9.17) is 10.8 Å². The number of carboxylic acids is 1. The summed E-state index contributed by atoms with van der Waals surface area (Å²) in [6, 6.07) is 0. The standard InChI is InChI=1S/C12H13F5N2O2/c1-4(2)3-5-6(11(20)21)8(10(13)14)19-9(7(5)18)12(15,16)17/h4,10H,3,18H2,1-2H3,(H,20,21). The molecule has 0 atom stereocenters. The van der Waals surface area contributed by atoms with Crippen molar-refractivity contribution in [1.82, 2.24) is 4.98 Å². The van der Waals surface area contributed by atoms with Gasteiger partial charge in [0.05, 0.1) is 11.3 Å². The maximum Gasteiger partial charge on any atom is 0.435 e. The number of hydrogen-bond donors (Lipinski definition) is 2. The number of nitrogen functional groups attached to an aromatic ring is 1. The fraction of sp³-hybridized carbons (Fsp3) is 0.500. The van der Waals surface area contributed by atoms with Crippen LogP contribution in [-0.4, -0.2) is 16.1 Å². The van der Waals surface area contributed by atoms with Crippen molar-refractivity contribution in [3.05, 3.63) is 22.5 Å². The van der Waals surface area contributed by atoms with Crippen molar-refractivity contribution < 1.29 is 31.9 Å². The van der Waals surface area contributed by atoms with Gasteiger partial charge in [-0.2, -0.15) is 13.2 Å². The van der Waals surface area contributed by atoms with Crippen LogP contribution in [0.15, 0.2) is 0 Å². The number of aromatic carboxylic acids is 1. The number of anilines is 1. The molecule has 21 heavy (non-hydrogen) atoms. The Labute approximate surface area is 116 Å². The zero-order valence-corrected chi connectivity index (χ0v) is 11.1. The van der Waals surface area contributed by atoms with Gasteiger partial charge in [-0.15, -0.1) is 0 Å². The Morgan fingerprint density at radius 3 is 2.19 bits per heavy atom. The number of halogens is 5. The molecule has 0 bridgehead atoms. The van der Waals surface area contributed by atoms with Gasteiger partial charge in [-0.05, 0) is 17.9 Å². The largest absolute Gasteiger partial charge is 0.478 e. The second kappa shape index (κ2) is 5.82. The van der Waals surface area contributed by atoms with E-state index in [-0.39, 0.29) is 12.3 Å². The Bertz CT molecular complexity index is 556. The monoisotopic (exact) mass is 312 g/mol. The minimum absolute atomic E-state index is 0.182. The molecule has 0 radical (unpaired) electrons. The van der Waals surface area contributed by atoms with Crippen molar-refractivity contribution in [2.75, 3.05) is 5.73 Å². The molecule has 0 spiro atoms. The predicted molar refractivity (Wildman–Crippen MR) is 64.1 cm³/mol. The number of carboxylic acid groups (broad SMARTS) is 1. The maximum absolute atomic E-state index is 12.9. The number of aromatic nitrogens is 1. The summed E-state index contributed by atoms with van der Waals surface area (Å²) in [5.41, 5.74) is -0.100. The highest BCUT2D eigenvalue weighted by molar-refractivity contribution is 5.92. The Balaban J connectivity index is 3.78. The van der Waals surface area contributed by atoms with Crippen LogP contribution < -0.4 is 5.73 Å². The van der Waals surface area contributed by atoms with Crippen LogP contribution in [0.4, 0.5) is 27.6 Å². The Hall–Kier alpha value is -1.93. The second-order valence-corrected chi connectivity index (χ2v) is 4.81. The van der Waals surface area contributed by atoms with Gasteiger partial charge < -0.3 is 10.8 Å². The first kappa shape index (κ1) is 17.1. The molecule has 0 aliphatic rings. The zero-order chi connectivity index (χ0) is 16.5. The van der Waals surface area contributed by atoms with Crippen LogP contribution in [0.5, 0.6) is 0 Å². The van der Waals surface area contributed by atoms with Crippen molar-refractivity contribution >= 4 is 11.7 Å². The molecular weight excluding hydrogens is 299 g/mol. The van der Waals surface area contributed by atoms with Gasteiger partial charge in [-0.1, -0.05) is 13.8 Å². The molecule has 118 valence electrons. The molecule has 3 N–H and O–H groups in total. The van der Waals surface area contributed by atoms with E-state index in [9.17, 15) is 26.7 Å². The van der Waals surface area contributed by atoms with Crippen LogP contribution in [0.25, 0.3) is 0 Å². The molecule has 1 aromatic heterocycles. The quantitative estimate of drug-likeness (QED) is 0.834. The van der Waals surface area contributed by atoms with E-state index in [1.807, 2.05) is 0 Å². The first-order chi connectivity index (χ1) is 9.46. The normalized spacial score (nSPS) is 12.2. The number of alkyl halides is 5. The highest BCUT2D eigenvalue weighted by atomic mass is 19.4. The van der Waals surface area contributed by atoms with Gasteiger partial charge in [0.25, 0.3) is 6.43 Å². The summed E-state index contributed by atoms with van der Waals surface area (Å²) in [6.07, 6.45) is -8.68. The highest BCUT2D eigenvalue weighted by Gasteiger charge is 2.39. The molecule has 0 fully saturated rings. The van der Waals surface area contributed by atoms with Gasteiger partial charge in [0.15, 0.2) is 5.69 Å². The third-order valence-electron chi connectivity index (χ3n) is 2.67. The van der Waals surface area contributed by atoms with Gasteiger partial charge in [-0.3, -0.25) is 0 Å². The SMILES string of the molecule is CC(C)Cc1c(N)c(C(F)(F)F)nc(C(F)F)c1C(=O)O. The van der Waals surface area contributed by atoms with Crippen LogP contribution in [0.1, 0.15) is 47.6 Å². The average molecular weight is 312 g/mol. The lowest BCUT2D eigenvalue weighted by atomic mass is 9.94. The van der Waals surface area contributed by atoms with Crippen LogP contribution in [0.2, 0.25) is 0 Å². The Morgan fingerprint density at radius 2 is 1.86 bits per heavy atom. The van der Waals surface area contributed by atoms with E-state index in [1.165, 1.54) is 0 Å². The molecule has 1 heterocycles. The molecule has 1 rings (SSSR count). The minimum atomic E-state index is -5.05. The Morgan fingerprint density at radius 1 is 1.33 bits per heavy atom. The predicted octanol–water partition coefficient (Wildman–Crippen LogP) is 3.52. The highest BCUT2D eigenvalue weighted by Crippen LogP contribution is 2.38. The van der Waals surface area contributed by atoms with Crippen LogP contribution >= 0.6 is 0 Å². The number of carbonyl (C=O) groups is 1. The lowest BCUT2D eigenvalue weighted by molar-refractivity contribution is -0.140. The third-order valence-corrected chi connectivity index (χ3v) is 2.67. The number of rotatable bonds is 4. The van der Waals surface area contributed by atoms with Gasteiger partial charge in [0, 0.05) is 0 Å². The lowest BCUT2D eigenvalue weighted by Gasteiger charge is -2.19. The summed E-state index contributed by atoms with van der Waals surface area (Å²) in [5, 5.41) is 9.02. The molecule has 9 heteroatoms. The Kier molecular flexibility index (Phi) is 4.75. The second-order valence-electron chi connectivity index (χ2n) is 4.81. The van der Waals surface area contributed by atoms with Gasteiger partial charge >= 0.3 is 12.1 Å². The van der Waals surface area contributed by atoms with E-state index in [0.717, 1.165) is 0 Å². The molecule has 0 amide bonds. The van der Waals surface area contributed by atoms with Crippen molar-refractivity contribution in [3.8, 4) is 0 Å². The van der Waals surface area contributed by atoms with Crippen LogP contribution in [-0.2, 0) is 12.6 Å². The fourth-order valence-corrected chi connectivity index (χ4v) is 1.90. The molecule has 1 aromatic rings. The van der Waals surface area contributed by atoms with E-state index >= 15 is 0 Å². The number of nitrogens with zero attached hydrogens (tertiary/aromatic N) is 1. The van der Waals surface area contributed by atoms with Crippen molar-refractivity contribution in [2.24, 2.45) is 5.92 Å². The summed E-state index contributed by atoms with van der Waals surface area (Å²) in [7, 11) is 0. The molecule has 0 aromatic carbocycles. The molecule has 0 aliphatic heterocycles. The first-order valence-corrected chi connectivity index (χ1v) is 5.87. The number of hydrogen-bond acceptors (Lipinski definition) is 3. The van der Waals surface area contributed by atoms with E-state index in [1.54, 1.807) is 13.8 Å². The topological polar surface area (TPSA) is 76.2 Å². The maximum atomic E-state index is 12.9. The molecule has 0 saturated carbocycles. The third kappa shape index (κ3) is 3.59. The van der Waals surface area contributed by atoms with Crippen molar-refractivity contribution in [2.45, 2.75) is 32.9 Å². The van der Waals surface area contributed by atoms with Gasteiger partial charge in [0.1, 0.15) is 5.69 Å². The fourth-order valence-electron chi connectivity index (χ4n) is 1.90. The van der Waals surface area contributed by atoms with Gasteiger partial charge in [0.2, 0.25) is 0 Å². The summed E-state index contributed by atoms with van der Waals surface area (Å²) >= 11 is 0. The number of pyridine rings is 1. The smallest absolute Gasteiger partial charge is 0.435 e. The lowest BCUT2D eigenvalue weighted by Crippen LogP contribution is -2.21. The van der Waals surface area contributed by atoms with E-state index < -0.39 is 46.8 Å². The van der Waals surface area contributed by atoms with Crippen LogP contribution in [0.3, 0.4) is 0 Å². The average Bonchev–Trinajstić information content (AvgIpc) is 2.28. The molecule has 4 nitrogen and oxygen atoms in total. The summed E-state index contributed by atoms with van der Waals surface area (Å²) in [6.45, 7) is 3.20. The van der Waals surface area contributed by atoms with Gasteiger partial charge in [-0.25, -0.2) is 18.6 Å². The van der Waals surface area contributed by atoms with E-state index in [2.05, 4.69) is 4.98 Å². The molecule has 0 saturated heterocycles. The summed E-state index contributed by atoms with van der Waals surface area (Å²) < 4.78 is 64.2. The van der Waals surface area contributed by atoms with Crippen molar-refractivity contribution in [3.63, 3.8) is 0 Å². The van der Waals surface area contributed by atoms with Crippen LogP contribution in [0, 0.1) is 5.92 Å². The van der Waals surface area contributed by atoms with Crippen molar-refractivity contribution in [1.29, 1.82) is 0 Å². The summed E-state index contributed by atoms with van der Waals surface area (Å²) in [5.74, 6) is -2.06. The molecular formula is C12H13F5N2O2. The number of nitrogens with two attached hydrogens (primary N) is 1. The molecule has 0 aliphatic carbocycles. The minimum Gasteiger partial charge on any atom is -0.478 e. The van der Waals surface area contributed by atoms with E-state index in [0.29, 0.717) is 0 Å².